The molecule has 0 saturated carbocycles. The van der Waals surface area contributed by atoms with E-state index in [9.17, 15) is 10.1 Å². The summed E-state index contributed by atoms with van der Waals surface area (Å²) >= 11 is 3.22. The normalized spacial score (nSPS) is 13.0. The maximum atomic E-state index is 10.6. The maximum absolute atomic E-state index is 10.6. The van der Waals surface area contributed by atoms with Gasteiger partial charge in [-0.15, -0.1) is 0 Å². The van der Waals surface area contributed by atoms with Crippen molar-refractivity contribution < 1.29 is 4.92 Å². The lowest BCUT2D eigenvalue weighted by Gasteiger charge is -1.99. The first-order valence-electron chi connectivity index (χ1n) is 3.68. The second-order valence-corrected chi connectivity index (χ2v) is 3.62. The Morgan fingerprint density at radius 2 is 2.31 bits per heavy atom. The van der Waals surface area contributed by atoms with Crippen LogP contribution in [0.25, 0.3) is 0 Å². The average molecular weight is 241 g/mol. The maximum Gasteiger partial charge on any atom is 0.296 e. The largest absolute Gasteiger partial charge is 0.296 e. The van der Waals surface area contributed by atoms with Gasteiger partial charge in [0.1, 0.15) is 5.69 Å². The molecule has 4 nitrogen and oxygen atoms in total. The molecule has 0 aromatic heterocycles. The van der Waals surface area contributed by atoms with Crippen LogP contribution in [0.1, 0.15) is 5.56 Å². The van der Waals surface area contributed by atoms with E-state index in [-0.39, 0.29) is 5.69 Å². The monoisotopic (exact) mass is 240 g/mol. The van der Waals surface area contributed by atoms with Crippen LogP contribution in [0.4, 0.5) is 11.4 Å². The van der Waals surface area contributed by atoms with Crippen molar-refractivity contribution in [3.8, 4) is 0 Å². The molecule has 5 heteroatoms. The van der Waals surface area contributed by atoms with Gasteiger partial charge >= 0.3 is 0 Å². The van der Waals surface area contributed by atoms with Crippen molar-refractivity contribution in [1.82, 2.24) is 0 Å². The Morgan fingerprint density at radius 3 is 3.00 bits per heavy atom. The Hall–Kier alpha value is -1.23. The molecular formula is C8H5BrN2O2. The fraction of sp³-hybridized carbons (Fsp3) is 0.125. The lowest BCUT2D eigenvalue weighted by atomic mass is 10.1. The second-order valence-electron chi connectivity index (χ2n) is 2.71. The molecule has 1 aliphatic heterocycles. The molecule has 1 heterocycles. The van der Waals surface area contributed by atoms with E-state index in [0.29, 0.717) is 12.1 Å². The van der Waals surface area contributed by atoms with Crippen LogP contribution in [0.5, 0.6) is 0 Å². The number of hydrogen-bond donors (Lipinski definition) is 0. The third-order valence-electron chi connectivity index (χ3n) is 1.86. The number of benzene rings is 1. The lowest BCUT2D eigenvalue weighted by molar-refractivity contribution is -0.384. The van der Waals surface area contributed by atoms with Crippen LogP contribution in [0.3, 0.4) is 0 Å². The highest BCUT2D eigenvalue weighted by molar-refractivity contribution is 9.10. The van der Waals surface area contributed by atoms with Gasteiger partial charge < -0.3 is 0 Å². The summed E-state index contributed by atoms with van der Waals surface area (Å²) in [6.07, 6.45) is 2.36. The highest BCUT2D eigenvalue weighted by Gasteiger charge is 2.20. The number of nitrogens with zero attached hydrogens (tertiary/aromatic N) is 2. The van der Waals surface area contributed by atoms with Gasteiger partial charge in [-0.1, -0.05) is 15.9 Å². The third-order valence-corrected chi connectivity index (χ3v) is 2.32. The Labute approximate surface area is 82.6 Å². The van der Waals surface area contributed by atoms with Crippen LogP contribution >= 0.6 is 15.9 Å². The van der Waals surface area contributed by atoms with Crippen molar-refractivity contribution in [2.45, 2.75) is 6.42 Å². The molecule has 0 fully saturated rings. The van der Waals surface area contributed by atoms with Gasteiger partial charge in [-0.2, -0.15) is 0 Å². The van der Waals surface area contributed by atoms with E-state index < -0.39 is 4.92 Å². The predicted molar refractivity (Wildman–Crippen MR) is 52.7 cm³/mol. The first kappa shape index (κ1) is 8.37. The van der Waals surface area contributed by atoms with Gasteiger partial charge in [0.05, 0.1) is 4.92 Å². The van der Waals surface area contributed by atoms with E-state index >= 15 is 0 Å². The van der Waals surface area contributed by atoms with E-state index in [2.05, 4.69) is 20.9 Å². The Kier molecular flexibility index (Phi) is 1.88. The molecule has 0 atom stereocenters. The van der Waals surface area contributed by atoms with E-state index in [1.54, 1.807) is 6.21 Å². The first-order chi connectivity index (χ1) is 6.18. The van der Waals surface area contributed by atoms with Crippen molar-refractivity contribution >= 4 is 33.5 Å². The van der Waals surface area contributed by atoms with E-state index in [1.807, 2.05) is 6.07 Å². The molecule has 66 valence electrons. The van der Waals surface area contributed by atoms with Crippen molar-refractivity contribution in [2.24, 2.45) is 4.99 Å². The van der Waals surface area contributed by atoms with Gasteiger partial charge in [-0.3, -0.25) is 15.1 Å². The SMILES string of the molecule is O=[N+]([O-])c1cc(Br)cc2c1N=CC2. The average Bonchev–Trinajstić information content (AvgIpc) is 2.49. The van der Waals surface area contributed by atoms with Gasteiger partial charge in [0, 0.05) is 23.2 Å². The molecule has 0 saturated heterocycles. The smallest absolute Gasteiger partial charge is 0.258 e. The number of rotatable bonds is 1. The number of halogens is 1. The third kappa shape index (κ3) is 1.35. The Bertz CT molecular complexity index is 415. The summed E-state index contributed by atoms with van der Waals surface area (Å²) in [5.74, 6) is 0. The van der Waals surface area contributed by atoms with E-state index in [4.69, 9.17) is 0 Å². The highest BCUT2D eigenvalue weighted by Crippen LogP contribution is 2.37. The molecule has 0 unspecified atom stereocenters. The van der Waals surface area contributed by atoms with Crippen LogP contribution in [0.15, 0.2) is 21.6 Å². The highest BCUT2D eigenvalue weighted by atomic mass is 79.9. The molecule has 0 amide bonds. The van der Waals surface area contributed by atoms with E-state index in [1.165, 1.54) is 6.07 Å². The van der Waals surface area contributed by atoms with Crippen molar-refractivity contribution in [2.75, 3.05) is 0 Å². The molecule has 0 radical (unpaired) electrons. The minimum Gasteiger partial charge on any atom is -0.258 e. The summed E-state index contributed by atoms with van der Waals surface area (Å²) in [5.41, 5.74) is 1.47. The lowest BCUT2D eigenvalue weighted by Crippen LogP contribution is -1.90. The summed E-state index contributed by atoms with van der Waals surface area (Å²) in [6, 6.07) is 3.33. The van der Waals surface area contributed by atoms with Crippen LogP contribution in [-0.2, 0) is 6.42 Å². The molecule has 1 aromatic carbocycles. The van der Waals surface area contributed by atoms with Crippen molar-refractivity contribution in [3.63, 3.8) is 0 Å². The molecule has 1 aromatic rings. The van der Waals surface area contributed by atoms with Gasteiger partial charge in [-0.05, 0) is 11.6 Å². The molecule has 0 bridgehead atoms. The minimum atomic E-state index is -0.410. The molecule has 13 heavy (non-hydrogen) atoms. The quantitative estimate of drug-likeness (QED) is 0.560. The van der Waals surface area contributed by atoms with Gasteiger partial charge in [0.15, 0.2) is 0 Å². The van der Waals surface area contributed by atoms with Gasteiger partial charge in [0.25, 0.3) is 5.69 Å². The summed E-state index contributed by atoms with van der Waals surface area (Å²) in [7, 11) is 0. The Balaban J connectivity index is 2.67. The predicted octanol–water partition coefficient (Wildman–Crippen LogP) is 2.62. The number of nitro benzene ring substituents is 1. The summed E-state index contributed by atoms with van der Waals surface area (Å²) in [6.45, 7) is 0. The summed E-state index contributed by atoms with van der Waals surface area (Å²) in [5, 5.41) is 10.6. The molecule has 0 aliphatic carbocycles. The van der Waals surface area contributed by atoms with E-state index in [0.717, 1.165) is 10.0 Å². The van der Waals surface area contributed by atoms with Crippen LogP contribution < -0.4 is 0 Å². The standard InChI is InChI=1S/C8H5BrN2O2/c9-6-3-5-1-2-10-8(5)7(4-6)11(12)13/h2-4H,1H2. The molecule has 0 N–H and O–H groups in total. The van der Waals surface area contributed by atoms with Crippen molar-refractivity contribution in [1.29, 1.82) is 0 Å². The topological polar surface area (TPSA) is 55.5 Å². The number of fused-ring (bicyclic) bond motifs is 1. The molecular weight excluding hydrogens is 236 g/mol. The molecule has 0 spiro atoms. The zero-order valence-corrected chi connectivity index (χ0v) is 8.11. The summed E-state index contributed by atoms with van der Waals surface area (Å²) < 4.78 is 0.725. The summed E-state index contributed by atoms with van der Waals surface area (Å²) in [4.78, 5) is 14.2. The minimum absolute atomic E-state index is 0.0677. The second kappa shape index (κ2) is 2.92. The number of hydrogen-bond acceptors (Lipinski definition) is 3. The Morgan fingerprint density at radius 1 is 1.54 bits per heavy atom. The number of nitro groups is 1. The van der Waals surface area contributed by atoms with Crippen molar-refractivity contribution in [3.05, 3.63) is 32.3 Å². The zero-order chi connectivity index (χ0) is 9.42. The van der Waals surface area contributed by atoms with Crippen LogP contribution in [0, 0.1) is 10.1 Å². The molecule has 1 aliphatic rings. The first-order valence-corrected chi connectivity index (χ1v) is 4.47. The van der Waals surface area contributed by atoms with Gasteiger partial charge in [0.2, 0.25) is 0 Å². The fourth-order valence-electron chi connectivity index (χ4n) is 1.32. The van der Waals surface area contributed by atoms with Crippen LogP contribution in [0.2, 0.25) is 0 Å². The number of aliphatic imine (C=N–C) groups is 1. The molecule has 2 rings (SSSR count). The fourth-order valence-corrected chi connectivity index (χ4v) is 1.81. The van der Waals surface area contributed by atoms with Gasteiger partial charge in [-0.25, -0.2) is 0 Å². The zero-order valence-electron chi connectivity index (χ0n) is 6.53. The van der Waals surface area contributed by atoms with Crippen LogP contribution in [-0.4, -0.2) is 11.1 Å².